The van der Waals surface area contributed by atoms with Crippen molar-refractivity contribution in [1.29, 1.82) is 0 Å². The average Bonchev–Trinajstić information content (AvgIpc) is 2.40. The molecule has 0 aliphatic rings. The largest absolute Gasteiger partial charge is 0.417 e. The molecule has 0 aliphatic carbocycles. The predicted octanol–water partition coefficient (Wildman–Crippen LogP) is 6.39. The molecule has 0 saturated heterocycles. The molecule has 2 aromatic rings. The Morgan fingerprint density at radius 1 is 1.05 bits per heavy atom. The van der Waals surface area contributed by atoms with E-state index in [0.29, 0.717) is 21.3 Å². The van der Waals surface area contributed by atoms with Gasteiger partial charge >= 0.3 is 6.18 Å². The van der Waals surface area contributed by atoms with Gasteiger partial charge in [-0.2, -0.15) is 13.2 Å². The zero-order valence-electron chi connectivity index (χ0n) is 10.4. The molecule has 2 rings (SSSR count). The van der Waals surface area contributed by atoms with Crippen LogP contribution >= 0.6 is 39.1 Å². The zero-order valence-corrected chi connectivity index (χ0v) is 13.5. The number of halogens is 6. The monoisotopic (exact) mass is 397 g/mol. The van der Waals surface area contributed by atoms with Crippen molar-refractivity contribution in [3.8, 4) is 0 Å². The van der Waals surface area contributed by atoms with Gasteiger partial charge in [0.15, 0.2) is 0 Å². The third-order valence-electron chi connectivity index (χ3n) is 2.76. The summed E-state index contributed by atoms with van der Waals surface area (Å²) in [6.07, 6.45) is -4.41. The number of anilines is 1. The molecule has 0 atom stereocenters. The molecule has 0 fully saturated rings. The summed E-state index contributed by atoms with van der Waals surface area (Å²) in [4.78, 5) is 0. The molecule has 0 aliphatic heterocycles. The van der Waals surface area contributed by atoms with Gasteiger partial charge < -0.3 is 5.32 Å². The highest BCUT2D eigenvalue weighted by molar-refractivity contribution is 9.10. The molecule has 0 heterocycles. The van der Waals surface area contributed by atoms with E-state index in [-0.39, 0.29) is 11.0 Å². The minimum absolute atomic E-state index is 0.00124. The molecule has 2 aromatic carbocycles. The highest BCUT2D eigenvalue weighted by atomic mass is 79.9. The Hall–Kier alpha value is -0.910. The molecular weight excluding hydrogens is 390 g/mol. The lowest BCUT2D eigenvalue weighted by molar-refractivity contribution is -0.138. The van der Waals surface area contributed by atoms with Crippen molar-refractivity contribution in [2.75, 3.05) is 5.32 Å². The first-order chi connectivity index (χ1) is 9.77. The molecule has 21 heavy (non-hydrogen) atoms. The molecule has 7 heteroatoms. The molecule has 0 aromatic heterocycles. The van der Waals surface area contributed by atoms with Gasteiger partial charge in [0.05, 0.1) is 5.56 Å². The van der Waals surface area contributed by atoms with Crippen molar-refractivity contribution in [1.82, 2.24) is 0 Å². The van der Waals surface area contributed by atoms with Gasteiger partial charge in [-0.05, 0) is 42.0 Å². The van der Waals surface area contributed by atoms with Crippen molar-refractivity contribution in [3.63, 3.8) is 0 Å². The average molecular weight is 399 g/mol. The third kappa shape index (κ3) is 4.28. The van der Waals surface area contributed by atoms with E-state index in [0.717, 1.165) is 6.07 Å². The van der Waals surface area contributed by atoms with Gasteiger partial charge in [0.25, 0.3) is 0 Å². The molecule has 0 bridgehead atoms. The maximum Gasteiger partial charge on any atom is 0.417 e. The first-order valence-corrected chi connectivity index (χ1v) is 7.37. The number of hydrogen-bond donors (Lipinski definition) is 1. The van der Waals surface area contributed by atoms with Crippen molar-refractivity contribution >= 4 is 44.8 Å². The summed E-state index contributed by atoms with van der Waals surface area (Å²) in [5.41, 5.74) is 0.326. The summed E-state index contributed by atoms with van der Waals surface area (Å²) in [5, 5.41) is 3.92. The second-order valence-corrected chi connectivity index (χ2v) is 5.98. The summed E-state index contributed by atoms with van der Waals surface area (Å²) >= 11 is 14.8. The maximum atomic E-state index is 12.8. The van der Waals surface area contributed by atoms with Crippen molar-refractivity contribution in [2.45, 2.75) is 12.7 Å². The van der Waals surface area contributed by atoms with Crippen LogP contribution in [-0.2, 0) is 12.7 Å². The summed E-state index contributed by atoms with van der Waals surface area (Å²) in [6.45, 7) is 0.276. The second kappa shape index (κ2) is 6.46. The fourth-order valence-electron chi connectivity index (χ4n) is 1.73. The lowest BCUT2D eigenvalue weighted by Crippen LogP contribution is -2.08. The predicted molar refractivity (Wildman–Crippen MR) is 82.9 cm³/mol. The number of benzene rings is 2. The normalized spacial score (nSPS) is 11.5. The molecule has 1 nitrogen and oxygen atoms in total. The van der Waals surface area contributed by atoms with Gasteiger partial charge in [0, 0.05) is 26.8 Å². The van der Waals surface area contributed by atoms with E-state index in [1.165, 1.54) is 6.07 Å². The van der Waals surface area contributed by atoms with Crippen LogP contribution in [0.3, 0.4) is 0 Å². The van der Waals surface area contributed by atoms with Gasteiger partial charge in [-0.15, -0.1) is 0 Å². The van der Waals surface area contributed by atoms with Crippen LogP contribution in [0.1, 0.15) is 11.1 Å². The quantitative estimate of drug-likeness (QED) is 0.631. The Labute approximate surface area is 138 Å². The molecular formula is C14H9BrCl2F3N. The smallest absolute Gasteiger partial charge is 0.381 e. The molecule has 0 radical (unpaired) electrons. The SMILES string of the molecule is FC(F)(F)c1cc(NCc2cc(Cl)ccc2Cl)ccc1Br. The lowest BCUT2D eigenvalue weighted by atomic mass is 10.1. The Morgan fingerprint density at radius 2 is 1.76 bits per heavy atom. The Balaban J connectivity index is 2.19. The van der Waals surface area contributed by atoms with Gasteiger partial charge in [-0.25, -0.2) is 0 Å². The van der Waals surface area contributed by atoms with E-state index in [2.05, 4.69) is 21.2 Å². The topological polar surface area (TPSA) is 12.0 Å². The minimum Gasteiger partial charge on any atom is -0.381 e. The number of nitrogens with one attached hydrogen (secondary N) is 1. The first kappa shape index (κ1) is 16.5. The van der Waals surface area contributed by atoms with E-state index in [1.807, 2.05) is 0 Å². The van der Waals surface area contributed by atoms with Gasteiger partial charge in [-0.3, -0.25) is 0 Å². The summed E-state index contributed by atoms with van der Waals surface area (Å²) < 4.78 is 38.4. The Kier molecular flexibility index (Phi) is 5.07. The van der Waals surface area contributed by atoms with Crippen LogP contribution in [0, 0.1) is 0 Å². The summed E-state index contributed by atoms with van der Waals surface area (Å²) in [6, 6.07) is 8.91. The summed E-state index contributed by atoms with van der Waals surface area (Å²) in [5.74, 6) is 0. The van der Waals surface area contributed by atoms with Crippen LogP contribution in [0.2, 0.25) is 10.0 Å². The fraction of sp³-hybridized carbons (Fsp3) is 0.143. The van der Waals surface area contributed by atoms with Crippen molar-refractivity contribution < 1.29 is 13.2 Å². The highest BCUT2D eigenvalue weighted by Crippen LogP contribution is 2.36. The molecule has 0 spiro atoms. The van der Waals surface area contributed by atoms with Crippen LogP contribution in [0.25, 0.3) is 0 Å². The van der Waals surface area contributed by atoms with Crippen LogP contribution in [0.5, 0.6) is 0 Å². The van der Waals surface area contributed by atoms with Crippen LogP contribution < -0.4 is 5.32 Å². The van der Waals surface area contributed by atoms with Crippen LogP contribution in [0.4, 0.5) is 18.9 Å². The first-order valence-electron chi connectivity index (χ1n) is 5.82. The van der Waals surface area contributed by atoms with Gasteiger partial charge in [-0.1, -0.05) is 39.1 Å². The van der Waals surface area contributed by atoms with E-state index in [4.69, 9.17) is 23.2 Å². The van der Waals surface area contributed by atoms with E-state index in [1.54, 1.807) is 24.3 Å². The second-order valence-electron chi connectivity index (χ2n) is 4.28. The molecule has 0 unspecified atom stereocenters. The standard InChI is InChI=1S/C14H9BrCl2F3N/c15-12-3-2-10(6-11(12)14(18,19)20)21-7-8-5-9(16)1-4-13(8)17/h1-6,21H,7H2. The van der Waals surface area contributed by atoms with E-state index < -0.39 is 11.7 Å². The number of rotatable bonds is 3. The fourth-order valence-corrected chi connectivity index (χ4v) is 2.58. The molecule has 0 amide bonds. The number of hydrogen-bond acceptors (Lipinski definition) is 1. The maximum absolute atomic E-state index is 12.8. The van der Waals surface area contributed by atoms with Crippen molar-refractivity contribution in [2.24, 2.45) is 0 Å². The number of alkyl halides is 3. The highest BCUT2D eigenvalue weighted by Gasteiger charge is 2.33. The summed E-state index contributed by atoms with van der Waals surface area (Å²) in [7, 11) is 0. The van der Waals surface area contributed by atoms with Gasteiger partial charge in [0.2, 0.25) is 0 Å². The molecule has 0 saturated carbocycles. The van der Waals surface area contributed by atoms with E-state index in [9.17, 15) is 13.2 Å². The third-order valence-corrected chi connectivity index (χ3v) is 4.06. The zero-order chi connectivity index (χ0) is 15.6. The molecule has 1 N–H and O–H groups in total. The van der Waals surface area contributed by atoms with Crippen LogP contribution in [-0.4, -0.2) is 0 Å². The van der Waals surface area contributed by atoms with E-state index >= 15 is 0 Å². The minimum atomic E-state index is -4.41. The lowest BCUT2D eigenvalue weighted by Gasteiger charge is -2.13. The van der Waals surface area contributed by atoms with Crippen molar-refractivity contribution in [3.05, 3.63) is 62.0 Å². The Bertz CT molecular complexity index is 659. The van der Waals surface area contributed by atoms with Gasteiger partial charge in [0.1, 0.15) is 0 Å². The van der Waals surface area contributed by atoms with Crippen LogP contribution in [0.15, 0.2) is 40.9 Å². The molecule has 112 valence electrons. The Morgan fingerprint density at radius 3 is 2.43 bits per heavy atom.